The smallest absolute Gasteiger partial charge is 0.306 e. The molecule has 1 fully saturated rings. The molecular formula is C26H43NO3. The molecule has 0 atom stereocenters. The standard InChI is InChI=1S/C20H39NO2.C6H4O/c1-17(2,3)15(18(4,5)6)11-16(22)23-14-12-19(7,8)21-20(9,10)13-14;7-6-3-4-1-2-5(4)6/h14-15,21H,11-13H2,1-10H3;1-3,7H. The van der Waals surface area contributed by atoms with E-state index in [0.29, 0.717) is 18.1 Å². The van der Waals surface area contributed by atoms with Crippen molar-refractivity contribution in [1.82, 2.24) is 5.32 Å². The van der Waals surface area contributed by atoms with Crippen LogP contribution >= 0.6 is 0 Å². The summed E-state index contributed by atoms with van der Waals surface area (Å²) in [4.78, 5) is 12.6. The van der Waals surface area contributed by atoms with Crippen LogP contribution in [0.5, 0.6) is 5.75 Å². The van der Waals surface area contributed by atoms with Crippen molar-refractivity contribution in [3.8, 4) is 5.75 Å². The number of hydrogen-bond acceptors (Lipinski definition) is 4. The van der Waals surface area contributed by atoms with Gasteiger partial charge in [0, 0.05) is 35.6 Å². The largest absolute Gasteiger partial charge is 0.507 e. The summed E-state index contributed by atoms with van der Waals surface area (Å²) in [7, 11) is 0. The Kier molecular flexibility index (Phi) is 6.74. The molecule has 3 aliphatic rings. The third-order valence-electron chi connectivity index (χ3n) is 6.22. The monoisotopic (exact) mass is 417 g/mol. The van der Waals surface area contributed by atoms with Crippen molar-refractivity contribution in [3.05, 3.63) is 28.6 Å². The normalized spacial score (nSPS) is 19.7. The molecule has 0 saturated carbocycles. The molecule has 1 heterocycles. The molecule has 0 spiro atoms. The van der Waals surface area contributed by atoms with Gasteiger partial charge in [-0.05, 0) is 55.7 Å². The van der Waals surface area contributed by atoms with Crippen LogP contribution in [0.1, 0.15) is 88.5 Å². The summed E-state index contributed by atoms with van der Waals surface area (Å²) in [6.07, 6.45) is 2.25. The highest BCUT2D eigenvalue weighted by Crippen LogP contribution is 2.42. The quantitative estimate of drug-likeness (QED) is 0.608. The highest BCUT2D eigenvalue weighted by molar-refractivity contribution is 5.70. The van der Waals surface area contributed by atoms with E-state index in [-0.39, 0.29) is 34.0 Å². The molecule has 2 aliphatic carbocycles. The molecule has 0 amide bonds. The van der Waals surface area contributed by atoms with Crippen LogP contribution in [0.2, 0.25) is 0 Å². The minimum atomic E-state index is -0.0432. The van der Waals surface area contributed by atoms with E-state index < -0.39 is 0 Å². The minimum absolute atomic E-state index is 0.000151. The fraction of sp³-hybridized carbons (Fsp3) is 0.731. The first-order chi connectivity index (χ1) is 13.4. The Bertz CT molecular complexity index is 826. The van der Waals surface area contributed by atoms with Crippen LogP contribution in [0.3, 0.4) is 0 Å². The molecule has 0 aromatic heterocycles. The predicted molar refractivity (Wildman–Crippen MR) is 123 cm³/mol. The highest BCUT2D eigenvalue weighted by atomic mass is 16.5. The van der Waals surface area contributed by atoms with Gasteiger partial charge in [0.2, 0.25) is 0 Å². The van der Waals surface area contributed by atoms with Gasteiger partial charge in [0.05, 0.1) is 0 Å². The lowest BCUT2D eigenvalue weighted by molar-refractivity contribution is -0.156. The van der Waals surface area contributed by atoms with Crippen molar-refractivity contribution in [1.29, 1.82) is 0 Å². The molecule has 2 N–H and O–H groups in total. The average Bonchev–Trinajstić information content (AvgIpc) is 2.45. The van der Waals surface area contributed by atoms with Gasteiger partial charge in [-0.15, -0.1) is 0 Å². The van der Waals surface area contributed by atoms with Crippen molar-refractivity contribution in [3.63, 3.8) is 0 Å². The van der Waals surface area contributed by atoms with Crippen molar-refractivity contribution >= 4 is 5.97 Å². The first-order valence-electron chi connectivity index (χ1n) is 11.2. The molecule has 30 heavy (non-hydrogen) atoms. The summed E-state index contributed by atoms with van der Waals surface area (Å²) in [5.74, 6) is 0.695. The number of carbonyl (C=O) groups excluding carboxylic acids is 1. The molecule has 3 rings (SSSR count). The van der Waals surface area contributed by atoms with E-state index in [1.165, 1.54) is 5.22 Å². The van der Waals surface area contributed by atoms with Crippen LogP contribution in [-0.4, -0.2) is 28.3 Å². The molecule has 4 nitrogen and oxygen atoms in total. The van der Waals surface area contributed by atoms with Gasteiger partial charge in [0.1, 0.15) is 11.9 Å². The maximum absolute atomic E-state index is 12.6. The van der Waals surface area contributed by atoms with Crippen LogP contribution in [0.15, 0.2) is 18.2 Å². The van der Waals surface area contributed by atoms with Gasteiger partial charge in [-0.2, -0.15) is 0 Å². The fourth-order valence-electron chi connectivity index (χ4n) is 5.39. The second-order valence-electron chi connectivity index (χ2n) is 12.6. The highest BCUT2D eigenvalue weighted by Gasteiger charge is 2.41. The van der Waals surface area contributed by atoms with Gasteiger partial charge < -0.3 is 15.2 Å². The molecule has 170 valence electrons. The van der Waals surface area contributed by atoms with Gasteiger partial charge >= 0.3 is 5.97 Å². The maximum Gasteiger partial charge on any atom is 0.306 e. The number of benzene rings is 1. The zero-order valence-electron chi connectivity index (χ0n) is 20.8. The topological polar surface area (TPSA) is 58.6 Å². The lowest BCUT2D eigenvalue weighted by Crippen LogP contribution is -2.59. The average molecular weight is 418 g/mol. The molecule has 0 unspecified atom stereocenters. The van der Waals surface area contributed by atoms with Gasteiger partial charge in [-0.3, -0.25) is 4.79 Å². The third kappa shape index (κ3) is 6.47. The van der Waals surface area contributed by atoms with Crippen molar-refractivity contribution in [2.24, 2.45) is 16.7 Å². The molecule has 1 aliphatic heterocycles. The summed E-state index contributed by atoms with van der Waals surface area (Å²) in [6.45, 7) is 22.0. The second-order valence-corrected chi connectivity index (χ2v) is 12.6. The number of phenolic OH excluding ortho intramolecular Hbond substituents is 1. The lowest BCUT2D eigenvalue weighted by Gasteiger charge is -2.46. The van der Waals surface area contributed by atoms with Crippen molar-refractivity contribution in [2.75, 3.05) is 0 Å². The van der Waals surface area contributed by atoms with Crippen LogP contribution in [-0.2, 0) is 9.53 Å². The number of piperidine rings is 1. The van der Waals surface area contributed by atoms with E-state index in [2.05, 4.69) is 74.6 Å². The van der Waals surface area contributed by atoms with Crippen LogP contribution in [0.4, 0.5) is 0 Å². The number of nitrogens with one attached hydrogen (secondary N) is 1. The van der Waals surface area contributed by atoms with E-state index in [1.807, 2.05) is 12.1 Å². The number of phenols is 1. The number of aromatic hydroxyl groups is 1. The van der Waals surface area contributed by atoms with Crippen LogP contribution in [0, 0.1) is 27.2 Å². The van der Waals surface area contributed by atoms with Gasteiger partial charge in [-0.25, -0.2) is 0 Å². The second kappa shape index (κ2) is 8.18. The Hall–Kier alpha value is -1.55. The van der Waals surface area contributed by atoms with Gasteiger partial charge in [0.15, 0.2) is 0 Å². The third-order valence-corrected chi connectivity index (χ3v) is 6.22. The first-order valence-corrected chi connectivity index (χ1v) is 11.2. The van der Waals surface area contributed by atoms with Gasteiger partial charge in [0.25, 0.3) is 0 Å². The molecular weight excluding hydrogens is 374 g/mol. The summed E-state index contributed by atoms with van der Waals surface area (Å²) in [5, 5.41) is 14.5. The first kappa shape index (κ1) is 24.7. The Morgan fingerprint density at radius 2 is 1.57 bits per heavy atom. The SMILES string of the molecule is CC1(C)CC(OC(=O)CC(C(C)(C)C)C(C)(C)C)CC(C)(C)N1.Oc1cc2ccc1=2. The maximum atomic E-state index is 12.6. The van der Waals surface area contributed by atoms with Gasteiger partial charge in [-0.1, -0.05) is 53.7 Å². The molecule has 1 saturated heterocycles. The Morgan fingerprint density at radius 1 is 1.07 bits per heavy atom. The number of rotatable bonds is 3. The molecule has 0 aromatic carbocycles. The zero-order valence-corrected chi connectivity index (χ0v) is 20.8. The molecule has 4 heteroatoms. The minimum Gasteiger partial charge on any atom is -0.507 e. The number of carbonyl (C=O) groups is 1. The molecule has 0 bridgehead atoms. The summed E-state index contributed by atoms with van der Waals surface area (Å²) >= 11 is 0. The zero-order chi connectivity index (χ0) is 23.1. The van der Waals surface area contributed by atoms with Crippen molar-refractivity contribution < 1.29 is 14.6 Å². The van der Waals surface area contributed by atoms with Crippen LogP contribution in [0.25, 0.3) is 0 Å². The Balaban J connectivity index is 0.000000375. The summed E-state index contributed by atoms with van der Waals surface area (Å²) < 4.78 is 5.90. The van der Waals surface area contributed by atoms with E-state index in [0.717, 1.165) is 18.1 Å². The number of hydrogen-bond donors (Lipinski definition) is 2. The fourth-order valence-corrected chi connectivity index (χ4v) is 5.39. The lowest BCUT2D eigenvalue weighted by atomic mass is 9.65. The van der Waals surface area contributed by atoms with Crippen LogP contribution < -0.4 is 5.32 Å². The summed E-state index contributed by atoms with van der Waals surface area (Å²) in [5.41, 5.74) is 0.175. The van der Waals surface area contributed by atoms with E-state index in [1.54, 1.807) is 6.07 Å². The van der Waals surface area contributed by atoms with E-state index in [9.17, 15) is 4.79 Å². The van der Waals surface area contributed by atoms with E-state index >= 15 is 0 Å². The molecule has 0 radical (unpaired) electrons. The predicted octanol–water partition coefficient (Wildman–Crippen LogP) is 5.93. The summed E-state index contributed by atoms with van der Waals surface area (Å²) in [6, 6.07) is 5.65. The Labute approximate surface area is 183 Å². The van der Waals surface area contributed by atoms with Crippen molar-refractivity contribution in [2.45, 2.75) is 106 Å². The van der Waals surface area contributed by atoms with E-state index in [4.69, 9.17) is 9.84 Å². The Morgan fingerprint density at radius 3 is 1.83 bits per heavy atom. The number of ether oxygens (including phenoxy) is 1. The number of esters is 1. The molecule has 0 aromatic rings.